The summed E-state index contributed by atoms with van der Waals surface area (Å²) in [4.78, 5) is 0. The lowest BCUT2D eigenvalue weighted by molar-refractivity contribution is 0.553. The molecule has 0 fully saturated rings. The van der Waals surface area contributed by atoms with Crippen LogP contribution in [0.5, 0.6) is 0 Å². The first-order valence-corrected chi connectivity index (χ1v) is 7.71. The highest BCUT2D eigenvalue weighted by Crippen LogP contribution is 2.23. The van der Waals surface area contributed by atoms with Crippen LogP contribution < -0.4 is 5.32 Å². The number of aryl methyl sites for hydroxylation is 1. The Kier molecular flexibility index (Phi) is 5.51. The molecule has 0 aliphatic heterocycles. The third kappa shape index (κ3) is 4.40. The monoisotopic (exact) mass is 285 g/mol. The summed E-state index contributed by atoms with van der Waals surface area (Å²) in [5.41, 5.74) is 4.05. The summed E-state index contributed by atoms with van der Waals surface area (Å²) in [7, 11) is 0. The zero-order chi connectivity index (χ0) is 15.2. The van der Waals surface area contributed by atoms with Crippen LogP contribution in [0.4, 0.5) is 4.39 Å². The van der Waals surface area contributed by atoms with Crippen molar-refractivity contribution in [1.29, 1.82) is 0 Å². The number of hydrogen-bond donors (Lipinski definition) is 1. The summed E-state index contributed by atoms with van der Waals surface area (Å²) >= 11 is 0. The van der Waals surface area contributed by atoms with E-state index in [4.69, 9.17) is 0 Å². The molecule has 21 heavy (non-hydrogen) atoms. The lowest BCUT2D eigenvalue weighted by Crippen LogP contribution is -2.22. The molecule has 2 aromatic carbocycles. The van der Waals surface area contributed by atoms with Gasteiger partial charge in [-0.2, -0.15) is 0 Å². The van der Waals surface area contributed by atoms with E-state index in [9.17, 15) is 4.39 Å². The van der Waals surface area contributed by atoms with Crippen LogP contribution in [0.2, 0.25) is 0 Å². The van der Waals surface area contributed by atoms with Crippen molar-refractivity contribution in [3.8, 4) is 11.1 Å². The predicted molar refractivity (Wildman–Crippen MR) is 87.8 cm³/mol. The molecular formula is C19H24FN. The van der Waals surface area contributed by atoms with E-state index in [2.05, 4.69) is 50.4 Å². The Hall–Kier alpha value is -1.67. The third-order valence-corrected chi connectivity index (χ3v) is 3.58. The molecule has 2 heteroatoms. The first kappa shape index (κ1) is 15.7. The third-order valence-electron chi connectivity index (χ3n) is 3.58. The smallest absolute Gasteiger partial charge is 0.128 e. The molecule has 0 heterocycles. The van der Waals surface area contributed by atoms with Crippen molar-refractivity contribution in [3.05, 3.63) is 59.4 Å². The average molecular weight is 285 g/mol. The first-order chi connectivity index (χ1) is 10.1. The Balaban J connectivity index is 2.15. The van der Waals surface area contributed by atoms with Crippen molar-refractivity contribution >= 4 is 0 Å². The molecule has 0 aromatic heterocycles. The maximum Gasteiger partial charge on any atom is 0.128 e. The van der Waals surface area contributed by atoms with Gasteiger partial charge in [-0.1, -0.05) is 63.6 Å². The Morgan fingerprint density at radius 1 is 1.00 bits per heavy atom. The van der Waals surface area contributed by atoms with Crippen LogP contribution in [-0.4, -0.2) is 6.04 Å². The summed E-state index contributed by atoms with van der Waals surface area (Å²) in [6.07, 6.45) is 2.24. The van der Waals surface area contributed by atoms with Crippen molar-refractivity contribution < 1.29 is 4.39 Å². The zero-order valence-corrected chi connectivity index (χ0v) is 13.1. The predicted octanol–water partition coefficient (Wildman–Crippen LogP) is 4.94. The lowest BCUT2D eigenvalue weighted by Gasteiger charge is -2.10. The minimum absolute atomic E-state index is 0.140. The minimum atomic E-state index is -0.140. The fourth-order valence-corrected chi connectivity index (χ4v) is 2.34. The maximum absolute atomic E-state index is 14.1. The van der Waals surface area contributed by atoms with E-state index >= 15 is 0 Å². The van der Waals surface area contributed by atoms with Crippen molar-refractivity contribution in [2.75, 3.05) is 0 Å². The van der Waals surface area contributed by atoms with Crippen LogP contribution in [0.1, 0.15) is 38.3 Å². The average Bonchev–Trinajstić information content (AvgIpc) is 2.47. The minimum Gasteiger partial charge on any atom is -0.310 e. The van der Waals surface area contributed by atoms with Gasteiger partial charge in [0.2, 0.25) is 0 Å². The van der Waals surface area contributed by atoms with E-state index in [0.29, 0.717) is 12.6 Å². The second-order valence-electron chi connectivity index (χ2n) is 5.79. The van der Waals surface area contributed by atoms with E-state index < -0.39 is 0 Å². The van der Waals surface area contributed by atoms with Gasteiger partial charge in [0.05, 0.1) is 0 Å². The number of halogens is 1. The molecule has 0 amide bonds. The van der Waals surface area contributed by atoms with E-state index in [0.717, 1.165) is 29.5 Å². The number of benzene rings is 2. The van der Waals surface area contributed by atoms with E-state index in [1.807, 2.05) is 12.1 Å². The van der Waals surface area contributed by atoms with Crippen LogP contribution in [0.3, 0.4) is 0 Å². The highest BCUT2D eigenvalue weighted by molar-refractivity contribution is 5.64. The van der Waals surface area contributed by atoms with E-state index in [-0.39, 0.29) is 5.82 Å². The molecule has 1 nitrogen and oxygen atoms in total. The van der Waals surface area contributed by atoms with Gasteiger partial charge in [-0.05, 0) is 29.2 Å². The summed E-state index contributed by atoms with van der Waals surface area (Å²) in [5, 5.41) is 3.24. The SMILES string of the molecule is CCCc1ccc(-c2ccc(CNC(C)C)c(F)c2)cc1. The van der Waals surface area contributed by atoms with Gasteiger partial charge in [0.15, 0.2) is 0 Å². The maximum atomic E-state index is 14.1. The molecule has 0 spiro atoms. The van der Waals surface area contributed by atoms with Gasteiger partial charge in [0.1, 0.15) is 5.82 Å². The summed E-state index contributed by atoms with van der Waals surface area (Å²) in [6.45, 7) is 6.86. The second-order valence-corrected chi connectivity index (χ2v) is 5.79. The lowest BCUT2D eigenvalue weighted by atomic mass is 10.0. The quantitative estimate of drug-likeness (QED) is 0.792. The van der Waals surface area contributed by atoms with Gasteiger partial charge < -0.3 is 5.32 Å². The van der Waals surface area contributed by atoms with Gasteiger partial charge in [0.25, 0.3) is 0 Å². The molecule has 0 radical (unpaired) electrons. The number of nitrogens with one attached hydrogen (secondary N) is 1. The first-order valence-electron chi connectivity index (χ1n) is 7.71. The van der Waals surface area contributed by atoms with Crippen molar-refractivity contribution in [2.24, 2.45) is 0 Å². The second kappa shape index (κ2) is 7.37. The summed E-state index contributed by atoms with van der Waals surface area (Å²) in [6, 6.07) is 14.3. The molecule has 0 aliphatic carbocycles. The van der Waals surface area contributed by atoms with Crippen molar-refractivity contribution in [1.82, 2.24) is 5.32 Å². The topological polar surface area (TPSA) is 12.0 Å². The Labute approximate surface area is 127 Å². The fraction of sp³-hybridized carbons (Fsp3) is 0.368. The summed E-state index contributed by atoms with van der Waals surface area (Å²) in [5.74, 6) is -0.140. The molecule has 0 saturated carbocycles. The van der Waals surface area contributed by atoms with Gasteiger partial charge in [-0.3, -0.25) is 0 Å². The van der Waals surface area contributed by atoms with Gasteiger partial charge in [-0.15, -0.1) is 0 Å². The largest absolute Gasteiger partial charge is 0.310 e. The molecule has 112 valence electrons. The zero-order valence-electron chi connectivity index (χ0n) is 13.1. The molecule has 2 rings (SSSR count). The Bertz CT molecular complexity index is 573. The highest BCUT2D eigenvalue weighted by Gasteiger charge is 2.06. The molecule has 0 aliphatic rings. The number of rotatable bonds is 6. The van der Waals surface area contributed by atoms with Crippen LogP contribution in [0, 0.1) is 5.82 Å². The van der Waals surface area contributed by atoms with E-state index in [1.165, 1.54) is 5.56 Å². The molecule has 1 N–H and O–H groups in total. The van der Waals surface area contributed by atoms with Crippen molar-refractivity contribution in [3.63, 3.8) is 0 Å². The molecule has 0 saturated heterocycles. The molecular weight excluding hydrogens is 261 g/mol. The standard InChI is InChI=1S/C19H24FN/c1-4-5-15-6-8-16(9-7-15)17-10-11-18(19(20)12-17)13-21-14(2)3/h6-12,14,21H,4-5,13H2,1-3H3. The number of hydrogen-bond acceptors (Lipinski definition) is 1. The Morgan fingerprint density at radius 3 is 2.24 bits per heavy atom. The van der Waals surface area contributed by atoms with Gasteiger partial charge >= 0.3 is 0 Å². The molecule has 2 aromatic rings. The molecule has 0 bridgehead atoms. The van der Waals surface area contributed by atoms with Crippen molar-refractivity contribution in [2.45, 2.75) is 46.2 Å². The van der Waals surface area contributed by atoms with Crippen LogP contribution in [0.15, 0.2) is 42.5 Å². The van der Waals surface area contributed by atoms with E-state index in [1.54, 1.807) is 6.07 Å². The fourth-order valence-electron chi connectivity index (χ4n) is 2.34. The van der Waals surface area contributed by atoms with Crippen LogP contribution in [-0.2, 0) is 13.0 Å². The van der Waals surface area contributed by atoms with Crippen LogP contribution in [0.25, 0.3) is 11.1 Å². The highest BCUT2D eigenvalue weighted by atomic mass is 19.1. The molecule has 0 atom stereocenters. The Morgan fingerprint density at radius 2 is 1.67 bits per heavy atom. The summed E-state index contributed by atoms with van der Waals surface area (Å²) < 4.78 is 14.1. The van der Waals surface area contributed by atoms with Gasteiger partial charge in [-0.25, -0.2) is 4.39 Å². The normalized spacial score (nSPS) is 11.1. The molecule has 0 unspecified atom stereocenters. The van der Waals surface area contributed by atoms with Gasteiger partial charge in [0, 0.05) is 18.2 Å². The van der Waals surface area contributed by atoms with Crippen LogP contribution >= 0.6 is 0 Å².